The van der Waals surface area contributed by atoms with Gasteiger partial charge in [0, 0.05) is 24.5 Å². The van der Waals surface area contributed by atoms with Crippen LogP contribution in [0.3, 0.4) is 0 Å². The fraction of sp³-hybridized carbons (Fsp3) is 0.733. The van der Waals surface area contributed by atoms with E-state index in [1.54, 1.807) is 4.57 Å². The van der Waals surface area contributed by atoms with E-state index in [0.29, 0.717) is 43.9 Å². The van der Waals surface area contributed by atoms with Crippen LogP contribution in [0.5, 0.6) is 0 Å². The molecule has 5 aliphatic carbocycles. The normalized spacial score (nSPS) is 35.8. The quantitative estimate of drug-likeness (QED) is 0.561. The van der Waals surface area contributed by atoms with Gasteiger partial charge in [0.1, 0.15) is 11.5 Å². The minimum Gasteiger partial charge on any atom is -0.390 e. The van der Waals surface area contributed by atoms with Crippen molar-refractivity contribution in [3.8, 4) is 0 Å². The van der Waals surface area contributed by atoms with Gasteiger partial charge in [0.25, 0.3) is 5.56 Å². The van der Waals surface area contributed by atoms with Gasteiger partial charge in [-0.1, -0.05) is 0 Å². The first-order valence-electron chi connectivity index (χ1n) is 15.1. The molecule has 0 radical (unpaired) electrons. The minimum absolute atomic E-state index is 0.00798. The fourth-order valence-electron chi connectivity index (χ4n) is 9.51. The zero-order valence-corrected chi connectivity index (χ0v) is 23.8. The molecule has 216 valence electrons. The number of thioether (sulfide) groups is 1. The van der Waals surface area contributed by atoms with Gasteiger partial charge in [0.15, 0.2) is 0 Å². The summed E-state index contributed by atoms with van der Waals surface area (Å²) >= 11 is 1.85. The number of carbonyl (C=O) groups excluding carboxylic acids is 1. The summed E-state index contributed by atoms with van der Waals surface area (Å²) in [4.78, 5) is 44.7. The van der Waals surface area contributed by atoms with E-state index in [0.717, 1.165) is 62.6 Å². The van der Waals surface area contributed by atoms with E-state index in [1.807, 2.05) is 11.8 Å². The number of aliphatic hydroxyl groups is 1. The van der Waals surface area contributed by atoms with E-state index in [4.69, 9.17) is 0 Å². The van der Waals surface area contributed by atoms with Gasteiger partial charge in [-0.25, -0.2) is 14.2 Å². The van der Waals surface area contributed by atoms with Gasteiger partial charge in [-0.05, 0) is 112 Å². The van der Waals surface area contributed by atoms with Crippen molar-refractivity contribution >= 4 is 28.7 Å². The van der Waals surface area contributed by atoms with Gasteiger partial charge >= 0.3 is 5.69 Å². The van der Waals surface area contributed by atoms with E-state index in [1.165, 1.54) is 17.1 Å². The van der Waals surface area contributed by atoms with Crippen LogP contribution in [0.4, 0.5) is 4.39 Å². The number of nitrogens with one attached hydrogen (secondary N) is 1. The van der Waals surface area contributed by atoms with Crippen molar-refractivity contribution in [2.24, 2.45) is 17.3 Å². The summed E-state index contributed by atoms with van der Waals surface area (Å²) in [5.74, 6) is 2.45. The minimum atomic E-state index is -0.585. The van der Waals surface area contributed by atoms with Gasteiger partial charge in [0.2, 0.25) is 5.91 Å². The van der Waals surface area contributed by atoms with Crippen molar-refractivity contribution in [2.75, 3.05) is 11.5 Å². The van der Waals surface area contributed by atoms with Crippen LogP contribution in [0.15, 0.2) is 21.9 Å². The Kier molecular flexibility index (Phi) is 6.65. The third-order valence-electron chi connectivity index (χ3n) is 10.6. The van der Waals surface area contributed by atoms with Gasteiger partial charge < -0.3 is 10.4 Å². The average Bonchev–Trinajstić information content (AvgIpc) is 2.89. The van der Waals surface area contributed by atoms with Crippen molar-refractivity contribution in [3.63, 3.8) is 0 Å². The number of pyridine rings is 1. The zero-order chi connectivity index (χ0) is 27.6. The molecule has 1 aliphatic heterocycles. The molecule has 0 spiro atoms. The number of carbonyl (C=O) groups is 1. The highest BCUT2D eigenvalue weighted by Gasteiger charge is 2.57. The van der Waals surface area contributed by atoms with E-state index in [-0.39, 0.29) is 46.2 Å². The third-order valence-corrected chi connectivity index (χ3v) is 11.6. The highest BCUT2D eigenvalue weighted by Crippen LogP contribution is 2.62. The molecule has 2 atom stereocenters. The average molecular weight is 571 g/mol. The number of halogens is 1. The van der Waals surface area contributed by atoms with Gasteiger partial charge in [-0.2, -0.15) is 11.8 Å². The maximum Gasteiger partial charge on any atom is 0.333 e. The van der Waals surface area contributed by atoms with Gasteiger partial charge in [-0.15, -0.1) is 0 Å². The predicted molar refractivity (Wildman–Crippen MR) is 152 cm³/mol. The Balaban J connectivity index is 1.07. The first-order valence-corrected chi connectivity index (χ1v) is 16.3. The summed E-state index contributed by atoms with van der Waals surface area (Å²) in [6.07, 6.45) is 11.6. The van der Waals surface area contributed by atoms with E-state index in [2.05, 4.69) is 10.3 Å². The Morgan fingerprint density at radius 3 is 2.38 bits per heavy atom. The van der Waals surface area contributed by atoms with E-state index in [9.17, 15) is 23.9 Å². The molecule has 10 heteroatoms. The molecule has 0 aromatic carbocycles. The molecule has 2 N–H and O–H groups in total. The summed E-state index contributed by atoms with van der Waals surface area (Å²) in [5.41, 5.74) is -1.18. The Bertz CT molecular complexity index is 1430. The number of hydrogen-bond donors (Lipinski definition) is 2. The van der Waals surface area contributed by atoms with Crippen LogP contribution in [0.2, 0.25) is 0 Å². The maximum absolute atomic E-state index is 14.2. The molecule has 1 saturated heterocycles. The smallest absolute Gasteiger partial charge is 0.333 e. The first kappa shape index (κ1) is 26.7. The second-order valence-corrected chi connectivity index (χ2v) is 14.9. The van der Waals surface area contributed by atoms with Crippen LogP contribution in [0, 0.1) is 23.1 Å². The monoisotopic (exact) mass is 570 g/mol. The molecule has 8 rings (SSSR count). The molecule has 2 aromatic heterocycles. The topological polar surface area (TPSA) is 106 Å². The molecule has 6 aliphatic rings. The Morgan fingerprint density at radius 1 is 1.02 bits per heavy atom. The Morgan fingerprint density at radius 2 is 1.70 bits per heavy atom. The van der Waals surface area contributed by atoms with Crippen molar-refractivity contribution in [3.05, 3.63) is 38.9 Å². The highest BCUT2D eigenvalue weighted by atomic mass is 32.2. The first-order chi connectivity index (χ1) is 19.2. The number of nitrogens with zero attached hydrogens (tertiary/aromatic N) is 3. The summed E-state index contributed by atoms with van der Waals surface area (Å²) in [7, 11) is 0. The number of hydrogen-bond acceptors (Lipinski definition) is 6. The Hall–Kier alpha value is -2.20. The standard InChI is InChI=1S/C30H39FN4O4S/c31-20-10-24-26(32-16-20)34(23-5-7-40-8-6-23)28(38)35(27(24)37)22-3-1-21(2-4-22)33-25(36)15-29-11-18-9-19(12-29)14-30(39,13-18)17-29/h10,16,18-19,21-23,39H,1-9,11-15,17H2,(H,33,36)/t18?,19?,21-,22+,29?,30?. The molecule has 4 bridgehead atoms. The number of amides is 1. The molecule has 6 fully saturated rings. The second kappa shape index (κ2) is 9.96. The number of aromatic nitrogens is 3. The van der Waals surface area contributed by atoms with Crippen LogP contribution in [-0.4, -0.2) is 48.3 Å². The predicted octanol–water partition coefficient (Wildman–Crippen LogP) is 4.09. The zero-order valence-electron chi connectivity index (χ0n) is 22.9. The molecular weight excluding hydrogens is 531 g/mol. The lowest BCUT2D eigenvalue weighted by molar-refractivity contribution is -0.169. The van der Waals surface area contributed by atoms with E-state index >= 15 is 0 Å². The molecule has 2 unspecified atom stereocenters. The van der Waals surface area contributed by atoms with E-state index < -0.39 is 17.0 Å². The van der Waals surface area contributed by atoms with Crippen LogP contribution in [0.25, 0.3) is 11.0 Å². The van der Waals surface area contributed by atoms with Crippen molar-refractivity contribution < 1.29 is 14.3 Å². The molecule has 2 aromatic rings. The van der Waals surface area contributed by atoms with Crippen LogP contribution < -0.4 is 16.6 Å². The van der Waals surface area contributed by atoms with Crippen LogP contribution in [0.1, 0.15) is 95.6 Å². The number of fused-ring (bicyclic) bond motifs is 1. The molecule has 1 amide bonds. The summed E-state index contributed by atoms with van der Waals surface area (Å²) in [5, 5.41) is 14.5. The lowest BCUT2D eigenvalue weighted by Gasteiger charge is -2.60. The molecule has 8 nitrogen and oxygen atoms in total. The third kappa shape index (κ3) is 4.72. The fourth-order valence-corrected chi connectivity index (χ4v) is 10.6. The molecule has 5 saturated carbocycles. The van der Waals surface area contributed by atoms with Gasteiger partial charge in [0.05, 0.1) is 17.2 Å². The van der Waals surface area contributed by atoms with Crippen molar-refractivity contribution in [1.82, 2.24) is 19.4 Å². The SMILES string of the molecule is O=C(CC12CC3CC(CC(O)(C3)C1)C2)N[C@H]1CC[C@@H](n2c(=O)c3cc(F)cnc3n(C3CCSCC3)c2=O)CC1. The second-order valence-electron chi connectivity index (χ2n) is 13.6. The van der Waals surface area contributed by atoms with Gasteiger partial charge in [-0.3, -0.25) is 18.7 Å². The summed E-state index contributed by atoms with van der Waals surface area (Å²) < 4.78 is 17.2. The van der Waals surface area contributed by atoms with Crippen molar-refractivity contribution in [2.45, 2.75) is 107 Å². The number of rotatable bonds is 5. The summed E-state index contributed by atoms with van der Waals surface area (Å²) in [6, 6.07) is 0.872. The highest BCUT2D eigenvalue weighted by molar-refractivity contribution is 7.99. The molecule has 40 heavy (non-hydrogen) atoms. The lowest BCUT2D eigenvalue weighted by atomic mass is 9.47. The lowest BCUT2D eigenvalue weighted by Crippen LogP contribution is -2.56. The molecule has 3 heterocycles. The molecular formula is C30H39FN4O4S. The van der Waals surface area contributed by atoms with Crippen LogP contribution >= 0.6 is 11.8 Å². The Labute approximate surface area is 237 Å². The van der Waals surface area contributed by atoms with Crippen LogP contribution in [-0.2, 0) is 4.79 Å². The maximum atomic E-state index is 14.2. The largest absolute Gasteiger partial charge is 0.390 e. The summed E-state index contributed by atoms with van der Waals surface area (Å²) in [6.45, 7) is 0. The van der Waals surface area contributed by atoms with Crippen molar-refractivity contribution in [1.29, 1.82) is 0 Å².